The highest BCUT2D eigenvalue weighted by Crippen LogP contribution is 2.50. The number of hydrogen-bond acceptors (Lipinski definition) is 5. The Bertz CT molecular complexity index is 754. The average molecular weight is 374 g/mol. The number of fused-ring (bicyclic) bond motifs is 1. The summed E-state index contributed by atoms with van der Waals surface area (Å²) in [6.45, 7) is 9.65. The van der Waals surface area contributed by atoms with Gasteiger partial charge in [0.2, 0.25) is 11.8 Å². The van der Waals surface area contributed by atoms with Crippen LogP contribution in [0.3, 0.4) is 0 Å². The van der Waals surface area contributed by atoms with E-state index in [0.717, 1.165) is 36.9 Å². The summed E-state index contributed by atoms with van der Waals surface area (Å²) >= 11 is 0. The van der Waals surface area contributed by atoms with Gasteiger partial charge >= 0.3 is 0 Å². The third kappa shape index (κ3) is 2.74. The van der Waals surface area contributed by atoms with Crippen LogP contribution >= 0.6 is 0 Å². The van der Waals surface area contributed by atoms with Crippen LogP contribution in [0.5, 0.6) is 0 Å². The van der Waals surface area contributed by atoms with Crippen LogP contribution in [0.1, 0.15) is 71.2 Å². The second kappa shape index (κ2) is 6.86. The molecule has 3 N–H and O–H groups in total. The molecule has 7 heteroatoms. The molecule has 1 aliphatic carbocycles. The first-order valence-corrected chi connectivity index (χ1v) is 9.88. The molecule has 0 bridgehead atoms. The van der Waals surface area contributed by atoms with Crippen molar-refractivity contribution in [2.45, 2.75) is 78.0 Å². The normalized spacial score (nSPS) is 34.4. The summed E-state index contributed by atoms with van der Waals surface area (Å²) in [5.41, 5.74) is 6.05. The fraction of sp³-hybridized carbons (Fsp3) is 0.700. The number of aromatic nitrogens is 2. The molecule has 1 aromatic rings. The largest absolute Gasteiger partial charge is 0.369 e. The van der Waals surface area contributed by atoms with Gasteiger partial charge in [-0.3, -0.25) is 14.9 Å². The smallest absolute Gasteiger partial charge is 0.228 e. The van der Waals surface area contributed by atoms with Crippen LogP contribution in [0.25, 0.3) is 0 Å². The molecule has 3 rings (SSSR count). The summed E-state index contributed by atoms with van der Waals surface area (Å²) in [5.74, 6) is -0.970. The molecule has 7 nitrogen and oxygen atoms in total. The van der Waals surface area contributed by atoms with Gasteiger partial charge in [0.1, 0.15) is 12.0 Å². The lowest BCUT2D eigenvalue weighted by molar-refractivity contribution is -0.138. The predicted molar refractivity (Wildman–Crippen MR) is 102 cm³/mol. The van der Waals surface area contributed by atoms with Crippen molar-refractivity contribution in [3.05, 3.63) is 23.8 Å². The summed E-state index contributed by atoms with van der Waals surface area (Å²) in [6, 6.07) is -0.0306. The number of likely N-dealkylation sites (tertiary alicyclic amines) is 1. The number of nitrogens with two attached hydrogens (primary N) is 1. The molecule has 2 aliphatic rings. The first kappa shape index (κ1) is 19.7. The third-order valence-corrected chi connectivity index (χ3v) is 7.07. The number of nitrogens with zero attached hydrogens (tertiary/aromatic N) is 3. The predicted octanol–water partition coefficient (Wildman–Crippen LogP) is 1.93. The Kier molecular flexibility index (Phi) is 5.01. The summed E-state index contributed by atoms with van der Waals surface area (Å²) < 4.78 is 0. The van der Waals surface area contributed by atoms with Crippen molar-refractivity contribution in [2.24, 2.45) is 17.1 Å². The number of carbonyl (C=O) groups excluding carboxylic acids is 2. The Hall–Kier alpha value is -2.02. The van der Waals surface area contributed by atoms with E-state index in [1.165, 1.54) is 0 Å². The van der Waals surface area contributed by atoms with Crippen LogP contribution in [0, 0.1) is 11.3 Å². The van der Waals surface area contributed by atoms with Crippen molar-refractivity contribution < 1.29 is 9.59 Å². The van der Waals surface area contributed by atoms with Gasteiger partial charge in [-0.25, -0.2) is 9.97 Å². The third-order valence-electron chi connectivity index (χ3n) is 7.07. The number of hydrogen-bond donors (Lipinski definition) is 2. The highest BCUT2D eigenvalue weighted by molar-refractivity contribution is 5.95. The van der Waals surface area contributed by atoms with Crippen LogP contribution in [0.4, 0.5) is 0 Å². The molecule has 1 fully saturated rings. The second-order valence-corrected chi connectivity index (χ2v) is 8.34. The van der Waals surface area contributed by atoms with Gasteiger partial charge in [0.15, 0.2) is 0 Å². The standard InChI is InChI=1S/C20H31N5O2/c1-6-12(2)25-17(26)13(3)19(4,18(21)27)20(25,5)24-16-9-7-8-15-14(16)10-22-11-23-15/h10-13,16,24H,6-9H2,1-5H3,(H2,21,27). The fourth-order valence-electron chi connectivity index (χ4n) is 4.85. The molecule has 5 atom stereocenters. The molecule has 0 spiro atoms. The minimum Gasteiger partial charge on any atom is -0.369 e. The zero-order valence-corrected chi connectivity index (χ0v) is 17.0. The van der Waals surface area contributed by atoms with E-state index in [1.807, 2.05) is 45.7 Å². The maximum absolute atomic E-state index is 13.2. The lowest BCUT2D eigenvalue weighted by atomic mass is 9.70. The monoisotopic (exact) mass is 373 g/mol. The molecule has 0 saturated carbocycles. The number of carbonyl (C=O) groups is 2. The van der Waals surface area contributed by atoms with Gasteiger partial charge in [-0.15, -0.1) is 0 Å². The molecular formula is C20H31N5O2. The molecule has 1 aliphatic heterocycles. The number of aryl methyl sites for hydroxylation is 1. The maximum atomic E-state index is 13.2. The van der Waals surface area contributed by atoms with Crippen molar-refractivity contribution in [3.63, 3.8) is 0 Å². The molecule has 2 heterocycles. The van der Waals surface area contributed by atoms with E-state index in [9.17, 15) is 9.59 Å². The second-order valence-electron chi connectivity index (χ2n) is 8.34. The Morgan fingerprint density at radius 2 is 2.19 bits per heavy atom. The highest BCUT2D eigenvalue weighted by Gasteiger charge is 2.66. The minimum absolute atomic E-state index is 0.00582. The van der Waals surface area contributed by atoms with Crippen LogP contribution in [-0.2, 0) is 16.0 Å². The first-order chi connectivity index (χ1) is 12.7. The van der Waals surface area contributed by atoms with E-state index in [-0.39, 0.29) is 18.0 Å². The molecule has 0 radical (unpaired) electrons. The molecule has 2 amide bonds. The number of primary amides is 1. The van der Waals surface area contributed by atoms with Gasteiger partial charge in [0, 0.05) is 29.5 Å². The van der Waals surface area contributed by atoms with Crippen LogP contribution < -0.4 is 11.1 Å². The van der Waals surface area contributed by atoms with E-state index < -0.39 is 22.9 Å². The summed E-state index contributed by atoms with van der Waals surface area (Å²) in [4.78, 5) is 36.3. The van der Waals surface area contributed by atoms with Crippen molar-refractivity contribution in [2.75, 3.05) is 0 Å². The molecule has 5 unspecified atom stereocenters. The van der Waals surface area contributed by atoms with E-state index in [2.05, 4.69) is 15.3 Å². The van der Waals surface area contributed by atoms with Gasteiger partial charge in [0.05, 0.1) is 11.3 Å². The first-order valence-electron chi connectivity index (χ1n) is 9.88. The fourth-order valence-corrected chi connectivity index (χ4v) is 4.85. The molecular weight excluding hydrogens is 342 g/mol. The number of nitrogens with one attached hydrogen (secondary N) is 1. The van der Waals surface area contributed by atoms with Crippen molar-refractivity contribution in [1.82, 2.24) is 20.2 Å². The van der Waals surface area contributed by atoms with Crippen LogP contribution in [0.2, 0.25) is 0 Å². The Morgan fingerprint density at radius 1 is 1.48 bits per heavy atom. The van der Waals surface area contributed by atoms with Crippen molar-refractivity contribution in [3.8, 4) is 0 Å². The van der Waals surface area contributed by atoms with Crippen molar-refractivity contribution >= 4 is 11.8 Å². The molecule has 1 saturated heterocycles. The van der Waals surface area contributed by atoms with E-state index >= 15 is 0 Å². The van der Waals surface area contributed by atoms with E-state index in [0.29, 0.717) is 0 Å². The van der Waals surface area contributed by atoms with Gasteiger partial charge in [0.25, 0.3) is 0 Å². The number of rotatable bonds is 5. The van der Waals surface area contributed by atoms with Gasteiger partial charge < -0.3 is 10.6 Å². The molecule has 27 heavy (non-hydrogen) atoms. The van der Waals surface area contributed by atoms with Gasteiger partial charge in [-0.05, 0) is 46.5 Å². The lowest BCUT2D eigenvalue weighted by Crippen LogP contribution is -2.67. The quantitative estimate of drug-likeness (QED) is 0.821. The lowest BCUT2D eigenvalue weighted by Gasteiger charge is -2.49. The van der Waals surface area contributed by atoms with Crippen LogP contribution in [0.15, 0.2) is 12.5 Å². The Morgan fingerprint density at radius 3 is 2.81 bits per heavy atom. The zero-order valence-electron chi connectivity index (χ0n) is 17.0. The number of amides is 2. The molecule has 148 valence electrons. The summed E-state index contributed by atoms with van der Waals surface area (Å²) in [6.07, 6.45) is 7.04. The van der Waals surface area contributed by atoms with Crippen LogP contribution in [-0.4, -0.2) is 38.4 Å². The zero-order chi connectivity index (χ0) is 20.0. The highest BCUT2D eigenvalue weighted by atomic mass is 16.2. The average Bonchev–Trinajstić information content (AvgIpc) is 2.80. The Balaban J connectivity index is 2.08. The van der Waals surface area contributed by atoms with Gasteiger partial charge in [-0.2, -0.15) is 0 Å². The summed E-state index contributed by atoms with van der Waals surface area (Å²) in [7, 11) is 0. The molecule has 0 aromatic carbocycles. The molecule has 1 aromatic heterocycles. The maximum Gasteiger partial charge on any atom is 0.228 e. The topological polar surface area (TPSA) is 101 Å². The van der Waals surface area contributed by atoms with Crippen molar-refractivity contribution in [1.29, 1.82) is 0 Å². The summed E-state index contributed by atoms with van der Waals surface area (Å²) in [5, 5.41) is 3.67. The minimum atomic E-state index is -1.03. The Labute approximate surface area is 161 Å². The van der Waals surface area contributed by atoms with E-state index in [4.69, 9.17) is 5.73 Å². The van der Waals surface area contributed by atoms with Gasteiger partial charge in [-0.1, -0.05) is 13.8 Å². The van der Waals surface area contributed by atoms with E-state index in [1.54, 1.807) is 6.33 Å². The SMILES string of the molecule is CCC(C)N1C(=O)C(C)C(C)(C(N)=O)C1(C)NC1CCCc2ncncc21.